The standard InChI is InChI=1S/C29H41N5O6.2ClH/c1-40-27(36)8-2-7-25-24-6-4-14-31-13-3-5-22(28(24)31)19-33(25)26(35)20-30-15-17-32(18-16-30)29(37)21-9-11-23(12-10-21)34(38)39;;/h9-12,22,24-25,28H,2-8,13-20H2,1H3;2*1H. The molecule has 2 amide bonds. The molecule has 0 spiro atoms. The molecule has 0 N–H and O–H groups in total. The largest absolute Gasteiger partial charge is 0.469 e. The topological polar surface area (TPSA) is 117 Å². The van der Waals surface area contributed by atoms with Crippen molar-refractivity contribution in [1.29, 1.82) is 0 Å². The second kappa shape index (κ2) is 15.3. The minimum atomic E-state index is -0.477. The lowest BCUT2D eigenvalue weighted by atomic mass is 9.69. The van der Waals surface area contributed by atoms with E-state index in [1.54, 1.807) is 4.90 Å². The van der Waals surface area contributed by atoms with Gasteiger partial charge in [-0.15, -0.1) is 24.8 Å². The van der Waals surface area contributed by atoms with E-state index in [4.69, 9.17) is 4.74 Å². The molecule has 0 radical (unpaired) electrons. The molecule has 4 aliphatic heterocycles. The van der Waals surface area contributed by atoms with E-state index >= 15 is 0 Å². The number of ether oxygens (including phenoxy) is 1. The molecule has 0 saturated carbocycles. The summed E-state index contributed by atoms with van der Waals surface area (Å²) < 4.78 is 4.86. The van der Waals surface area contributed by atoms with Gasteiger partial charge in [-0.1, -0.05) is 0 Å². The van der Waals surface area contributed by atoms with Gasteiger partial charge in [0.2, 0.25) is 5.91 Å². The maximum Gasteiger partial charge on any atom is 0.305 e. The van der Waals surface area contributed by atoms with E-state index in [1.165, 1.54) is 44.2 Å². The molecule has 4 atom stereocenters. The van der Waals surface area contributed by atoms with Gasteiger partial charge >= 0.3 is 5.97 Å². The predicted octanol–water partition coefficient (Wildman–Crippen LogP) is 3.24. The van der Waals surface area contributed by atoms with Crippen molar-refractivity contribution in [1.82, 2.24) is 19.6 Å². The summed E-state index contributed by atoms with van der Waals surface area (Å²) in [5.41, 5.74) is 0.392. The number of likely N-dealkylation sites (tertiary alicyclic amines) is 1. The summed E-state index contributed by atoms with van der Waals surface area (Å²) in [6, 6.07) is 6.39. The summed E-state index contributed by atoms with van der Waals surface area (Å²) in [5, 5.41) is 10.9. The molecule has 0 bridgehead atoms. The van der Waals surface area contributed by atoms with Crippen LogP contribution in [0.2, 0.25) is 0 Å². The number of halogens is 2. The normalized spacial score (nSPS) is 25.8. The lowest BCUT2D eigenvalue weighted by Crippen LogP contribution is -2.66. The van der Waals surface area contributed by atoms with E-state index in [2.05, 4.69) is 14.7 Å². The number of piperidine rings is 3. The number of methoxy groups -OCH3 is 1. The fourth-order valence-corrected chi connectivity index (χ4v) is 7.51. The average molecular weight is 629 g/mol. The first-order chi connectivity index (χ1) is 19.4. The van der Waals surface area contributed by atoms with Crippen molar-refractivity contribution >= 4 is 48.3 Å². The molecule has 234 valence electrons. The Bertz CT molecular complexity index is 1100. The first-order valence-electron chi connectivity index (χ1n) is 14.7. The Balaban J connectivity index is 0.00000242. The summed E-state index contributed by atoms with van der Waals surface area (Å²) in [7, 11) is 1.42. The van der Waals surface area contributed by atoms with Crippen molar-refractivity contribution in [3.05, 3.63) is 39.9 Å². The highest BCUT2D eigenvalue weighted by atomic mass is 35.5. The molecular formula is C29H43Cl2N5O6. The number of non-ortho nitro benzene ring substituents is 1. The van der Waals surface area contributed by atoms with Crippen LogP contribution in [0, 0.1) is 22.0 Å². The molecule has 4 fully saturated rings. The fourth-order valence-electron chi connectivity index (χ4n) is 7.51. The summed E-state index contributed by atoms with van der Waals surface area (Å²) >= 11 is 0. The smallest absolute Gasteiger partial charge is 0.305 e. The Morgan fingerprint density at radius 2 is 1.64 bits per heavy atom. The highest BCUT2D eigenvalue weighted by molar-refractivity contribution is 5.94. The number of carbonyl (C=O) groups is 3. The van der Waals surface area contributed by atoms with Crippen LogP contribution in [-0.2, 0) is 14.3 Å². The summed E-state index contributed by atoms with van der Waals surface area (Å²) in [6.45, 7) is 5.66. The van der Waals surface area contributed by atoms with Gasteiger partial charge in [0.1, 0.15) is 0 Å². The minimum absolute atomic E-state index is 0. The Morgan fingerprint density at radius 3 is 2.29 bits per heavy atom. The molecule has 1 aromatic carbocycles. The van der Waals surface area contributed by atoms with Crippen LogP contribution in [0.25, 0.3) is 0 Å². The lowest BCUT2D eigenvalue weighted by Gasteiger charge is -2.57. The first kappa shape index (κ1) is 34.0. The third kappa shape index (κ3) is 7.53. The average Bonchev–Trinajstić information content (AvgIpc) is 2.98. The molecule has 4 aliphatic rings. The summed E-state index contributed by atoms with van der Waals surface area (Å²) in [6.07, 6.45) is 6.57. The molecule has 13 heteroatoms. The quantitative estimate of drug-likeness (QED) is 0.245. The van der Waals surface area contributed by atoms with Gasteiger partial charge in [-0.3, -0.25) is 34.3 Å². The Hall–Kier alpha value is -2.47. The number of nitro benzene ring substituents is 1. The van der Waals surface area contributed by atoms with Gasteiger partial charge in [-0.05, 0) is 75.6 Å². The van der Waals surface area contributed by atoms with Crippen molar-refractivity contribution in [2.45, 2.75) is 57.0 Å². The minimum Gasteiger partial charge on any atom is -0.469 e. The Morgan fingerprint density at radius 1 is 0.976 bits per heavy atom. The predicted molar refractivity (Wildman–Crippen MR) is 162 cm³/mol. The van der Waals surface area contributed by atoms with E-state index in [0.717, 1.165) is 45.3 Å². The third-order valence-electron chi connectivity index (χ3n) is 9.44. The Kier molecular flexibility index (Phi) is 12.4. The number of rotatable bonds is 8. The number of nitro groups is 1. The summed E-state index contributed by atoms with van der Waals surface area (Å²) in [4.78, 5) is 57.7. The van der Waals surface area contributed by atoms with Crippen molar-refractivity contribution < 1.29 is 24.0 Å². The Labute approximate surface area is 259 Å². The number of carbonyl (C=O) groups excluding carboxylic acids is 3. The van der Waals surface area contributed by atoms with Gasteiger partial charge in [0.15, 0.2) is 0 Å². The van der Waals surface area contributed by atoms with Crippen molar-refractivity contribution in [3.63, 3.8) is 0 Å². The van der Waals surface area contributed by atoms with Gasteiger partial charge < -0.3 is 14.5 Å². The summed E-state index contributed by atoms with van der Waals surface area (Å²) in [5.74, 6) is 0.768. The molecule has 0 aliphatic carbocycles. The maximum atomic E-state index is 13.8. The lowest BCUT2D eigenvalue weighted by molar-refractivity contribution is -0.384. The molecule has 42 heavy (non-hydrogen) atoms. The highest BCUT2D eigenvalue weighted by Gasteiger charge is 2.49. The van der Waals surface area contributed by atoms with E-state index < -0.39 is 4.92 Å². The van der Waals surface area contributed by atoms with Crippen LogP contribution in [0.5, 0.6) is 0 Å². The van der Waals surface area contributed by atoms with Crippen LogP contribution in [0.3, 0.4) is 0 Å². The van der Waals surface area contributed by atoms with E-state index in [0.29, 0.717) is 62.6 Å². The zero-order valence-electron chi connectivity index (χ0n) is 24.2. The van der Waals surface area contributed by atoms with Crippen LogP contribution in [0.1, 0.15) is 55.3 Å². The monoisotopic (exact) mass is 627 g/mol. The molecule has 1 aromatic rings. The van der Waals surface area contributed by atoms with Crippen LogP contribution in [-0.4, -0.2) is 114 Å². The van der Waals surface area contributed by atoms with Crippen molar-refractivity contribution in [2.24, 2.45) is 11.8 Å². The van der Waals surface area contributed by atoms with Crippen LogP contribution >= 0.6 is 24.8 Å². The number of amides is 2. The number of piperazine rings is 1. The first-order valence-corrected chi connectivity index (χ1v) is 14.7. The molecule has 4 unspecified atom stereocenters. The SMILES string of the molecule is COC(=O)CCCC1C2CCCN3CCCC(CN1C(=O)CN1CCN(C(=O)c4ccc([N+](=O)[O-])cc4)CC1)C23.Cl.Cl. The maximum absolute atomic E-state index is 13.8. The van der Waals surface area contributed by atoms with Gasteiger partial charge in [0.05, 0.1) is 18.6 Å². The molecule has 5 rings (SSSR count). The molecule has 11 nitrogen and oxygen atoms in total. The van der Waals surface area contributed by atoms with Gasteiger partial charge in [0, 0.05) is 68.9 Å². The second-order valence-electron chi connectivity index (χ2n) is 11.7. The zero-order chi connectivity index (χ0) is 28.2. The van der Waals surface area contributed by atoms with E-state index in [-0.39, 0.29) is 54.3 Å². The van der Waals surface area contributed by atoms with Crippen LogP contribution in [0.15, 0.2) is 24.3 Å². The van der Waals surface area contributed by atoms with Crippen LogP contribution < -0.4 is 0 Å². The number of benzene rings is 1. The fraction of sp³-hybridized carbons (Fsp3) is 0.690. The van der Waals surface area contributed by atoms with Gasteiger partial charge in [-0.2, -0.15) is 0 Å². The number of esters is 1. The van der Waals surface area contributed by atoms with Crippen molar-refractivity contribution in [3.8, 4) is 0 Å². The number of hydrogen-bond acceptors (Lipinski definition) is 8. The second-order valence-corrected chi connectivity index (χ2v) is 11.7. The van der Waals surface area contributed by atoms with Gasteiger partial charge in [0.25, 0.3) is 11.6 Å². The molecule has 4 heterocycles. The molecular weight excluding hydrogens is 585 g/mol. The van der Waals surface area contributed by atoms with Crippen molar-refractivity contribution in [2.75, 3.05) is 59.5 Å². The van der Waals surface area contributed by atoms with E-state index in [1.807, 2.05) is 0 Å². The molecule has 0 aromatic heterocycles. The number of nitrogens with zero attached hydrogens (tertiary/aromatic N) is 5. The number of hydrogen-bond donors (Lipinski definition) is 0. The third-order valence-corrected chi connectivity index (χ3v) is 9.44. The molecule has 4 saturated heterocycles. The highest BCUT2D eigenvalue weighted by Crippen LogP contribution is 2.43. The zero-order valence-corrected chi connectivity index (χ0v) is 25.9. The van der Waals surface area contributed by atoms with Crippen LogP contribution in [0.4, 0.5) is 5.69 Å². The van der Waals surface area contributed by atoms with Gasteiger partial charge in [-0.25, -0.2) is 0 Å². The van der Waals surface area contributed by atoms with E-state index in [9.17, 15) is 24.5 Å².